The van der Waals surface area contributed by atoms with Crippen molar-refractivity contribution in [1.29, 1.82) is 0 Å². The molecule has 0 saturated carbocycles. The number of carbonyl (C=O) groups excluding carboxylic acids is 2. The van der Waals surface area contributed by atoms with Gasteiger partial charge in [-0.15, -0.1) is 11.3 Å². The normalized spacial score (nSPS) is 11.3. The van der Waals surface area contributed by atoms with Crippen LogP contribution in [-0.2, 0) is 17.5 Å². The van der Waals surface area contributed by atoms with Crippen molar-refractivity contribution < 1.29 is 27.2 Å². The first-order valence-corrected chi connectivity index (χ1v) is 9.45. The fraction of sp³-hybridized carbons (Fsp3) is 0.200. The number of aryl methyl sites for hydroxylation is 1. The van der Waals surface area contributed by atoms with Gasteiger partial charge in [0.05, 0.1) is 28.9 Å². The van der Waals surface area contributed by atoms with Crippen LogP contribution in [0.3, 0.4) is 0 Å². The van der Waals surface area contributed by atoms with Gasteiger partial charge in [0.1, 0.15) is 12.3 Å². The van der Waals surface area contributed by atoms with Crippen LogP contribution >= 0.6 is 11.3 Å². The molecule has 29 heavy (non-hydrogen) atoms. The maximum absolute atomic E-state index is 13.1. The molecule has 0 spiro atoms. The number of nitrogens with zero attached hydrogens (tertiary/aromatic N) is 1. The highest BCUT2D eigenvalue weighted by Crippen LogP contribution is 2.34. The third kappa shape index (κ3) is 5.05. The molecule has 0 atom stereocenters. The van der Waals surface area contributed by atoms with Gasteiger partial charge in [-0.05, 0) is 48.2 Å². The van der Waals surface area contributed by atoms with Crippen LogP contribution in [-0.4, -0.2) is 23.3 Å². The number of benzene rings is 1. The monoisotopic (exact) mass is 422 g/mol. The van der Waals surface area contributed by atoms with Crippen molar-refractivity contribution >= 4 is 28.8 Å². The van der Waals surface area contributed by atoms with Crippen molar-refractivity contribution in [3.63, 3.8) is 0 Å². The topological polar surface area (TPSA) is 62.6 Å². The van der Waals surface area contributed by atoms with Gasteiger partial charge in [-0.1, -0.05) is 12.1 Å². The summed E-state index contributed by atoms with van der Waals surface area (Å²) in [6.45, 7) is 1.36. The second kappa shape index (κ2) is 8.52. The summed E-state index contributed by atoms with van der Waals surface area (Å²) >= 11 is 1.23. The average molecular weight is 422 g/mol. The number of amides is 2. The van der Waals surface area contributed by atoms with Gasteiger partial charge in [-0.3, -0.25) is 9.59 Å². The molecule has 152 valence electrons. The Morgan fingerprint density at radius 2 is 1.90 bits per heavy atom. The molecule has 3 aromatic rings. The number of furan rings is 1. The Kier molecular flexibility index (Phi) is 6.07. The van der Waals surface area contributed by atoms with Crippen molar-refractivity contribution in [2.24, 2.45) is 0 Å². The first-order valence-electron chi connectivity index (χ1n) is 8.57. The Labute approximate surface area is 168 Å². The molecular formula is C20H17F3N2O3S. The van der Waals surface area contributed by atoms with Gasteiger partial charge in [0.2, 0.25) is 5.91 Å². The summed E-state index contributed by atoms with van der Waals surface area (Å²) in [5, 5.41) is 4.02. The predicted molar refractivity (Wildman–Crippen MR) is 103 cm³/mol. The van der Waals surface area contributed by atoms with E-state index >= 15 is 0 Å². The minimum Gasteiger partial charge on any atom is -0.467 e. The standard InChI is InChI=1S/C20H17F3N2O3S/c1-13-8-10-29-18(13)19(27)25(11-14-5-4-9-28-14)12-17(26)24-16-7-3-2-6-15(16)20(21,22)23/h2-10H,11-12H2,1H3,(H,24,26). The molecule has 0 fully saturated rings. The summed E-state index contributed by atoms with van der Waals surface area (Å²) in [7, 11) is 0. The molecule has 5 nitrogen and oxygen atoms in total. The molecule has 0 bridgehead atoms. The number of carbonyl (C=O) groups is 2. The Morgan fingerprint density at radius 3 is 2.52 bits per heavy atom. The maximum atomic E-state index is 13.1. The molecule has 9 heteroatoms. The van der Waals surface area contributed by atoms with Crippen LogP contribution in [0.4, 0.5) is 18.9 Å². The van der Waals surface area contributed by atoms with Crippen molar-refractivity contribution in [3.8, 4) is 0 Å². The average Bonchev–Trinajstić information content (AvgIpc) is 3.31. The van der Waals surface area contributed by atoms with Gasteiger partial charge >= 0.3 is 6.18 Å². The second-order valence-corrected chi connectivity index (χ2v) is 7.18. The lowest BCUT2D eigenvalue weighted by atomic mass is 10.1. The maximum Gasteiger partial charge on any atom is 0.418 e. The van der Waals surface area contributed by atoms with E-state index in [0.717, 1.165) is 11.6 Å². The molecule has 2 heterocycles. The molecule has 3 rings (SSSR count). The number of thiophene rings is 1. The molecule has 0 unspecified atom stereocenters. The van der Waals surface area contributed by atoms with Gasteiger partial charge < -0.3 is 14.6 Å². The van der Waals surface area contributed by atoms with E-state index < -0.39 is 30.1 Å². The highest BCUT2D eigenvalue weighted by molar-refractivity contribution is 7.12. The molecule has 1 N–H and O–H groups in total. The number of hydrogen-bond donors (Lipinski definition) is 1. The van der Waals surface area contributed by atoms with Crippen LogP contribution in [0.5, 0.6) is 0 Å². The lowest BCUT2D eigenvalue weighted by Crippen LogP contribution is -2.37. The molecule has 0 aliphatic carbocycles. The quantitative estimate of drug-likeness (QED) is 0.612. The van der Waals surface area contributed by atoms with Gasteiger partial charge in [0, 0.05) is 0 Å². The highest BCUT2D eigenvalue weighted by atomic mass is 32.1. The molecule has 2 aromatic heterocycles. The molecule has 0 aliphatic rings. The summed E-state index contributed by atoms with van der Waals surface area (Å²) in [4.78, 5) is 27.1. The van der Waals surface area contributed by atoms with Gasteiger partial charge in [-0.2, -0.15) is 13.2 Å². The zero-order chi connectivity index (χ0) is 21.0. The summed E-state index contributed by atoms with van der Waals surface area (Å²) in [6.07, 6.45) is -3.17. The van der Waals surface area contributed by atoms with E-state index in [-0.39, 0.29) is 12.2 Å². The molecular weight excluding hydrogens is 405 g/mol. The molecule has 2 amide bonds. The minimum absolute atomic E-state index is 0.0114. The van der Waals surface area contributed by atoms with Gasteiger partial charge in [0.15, 0.2) is 0 Å². The highest BCUT2D eigenvalue weighted by Gasteiger charge is 2.33. The summed E-state index contributed by atoms with van der Waals surface area (Å²) in [5.74, 6) is -0.681. The first-order chi connectivity index (χ1) is 13.8. The fourth-order valence-corrected chi connectivity index (χ4v) is 3.62. The van der Waals surface area contributed by atoms with Crippen LogP contribution in [0.2, 0.25) is 0 Å². The first kappa shape index (κ1) is 20.7. The number of alkyl halides is 3. The van der Waals surface area contributed by atoms with Crippen LogP contribution in [0.25, 0.3) is 0 Å². The number of hydrogen-bond acceptors (Lipinski definition) is 4. The van der Waals surface area contributed by atoms with Crippen molar-refractivity contribution in [2.45, 2.75) is 19.6 Å². The fourth-order valence-electron chi connectivity index (χ4n) is 2.73. The smallest absolute Gasteiger partial charge is 0.418 e. The van der Waals surface area contributed by atoms with E-state index in [9.17, 15) is 22.8 Å². The third-order valence-electron chi connectivity index (χ3n) is 4.11. The lowest BCUT2D eigenvalue weighted by molar-refractivity contribution is -0.137. The predicted octanol–water partition coefficient (Wildman–Crippen LogP) is 4.95. The zero-order valence-electron chi connectivity index (χ0n) is 15.3. The number of para-hydroxylation sites is 1. The van der Waals surface area contributed by atoms with Crippen molar-refractivity contribution in [1.82, 2.24) is 4.90 Å². The van der Waals surface area contributed by atoms with E-state index in [1.165, 1.54) is 40.7 Å². The summed E-state index contributed by atoms with van der Waals surface area (Å²) < 4.78 is 44.7. The Morgan fingerprint density at radius 1 is 1.14 bits per heavy atom. The van der Waals surface area contributed by atoms with E-state index in [4.69, 9.17) is 4.42 Å². The lowest BCUT2D eigenvalue weighted by Gasteiger charge is -2.22. The third-order valence-corrected chi connectivity index (χ3v) is 5.12. The minimum atomic E-state index is -4.61. The van der Waals surface area contributed by atoms with Crippen LogP contribution in [0, 0.1) is 6.92 Å². The van der Waals surface area contributed by atoms with Gasteiger partial charge in [0.25, 0.3) is 5.91 Å². The Bertz CT molecular complexity index is 997. The van der Waals surface area contributed by atoms with Crippen LogP contribution < -0.4 is 5.32 Å². The SMILES string of the molecule is Cc1ccsc1C(=O)N(CC(=O)Nc1ccccc1C(F)(F)F)Cc1ccco1. The number of nitrogens with one attached hydrogen (secondary N) is 1. The van der Waals surface area contributed by atoms with Crippen LogP contribution in [0.1, 0.15) is 26.6 Å². The number of halogens is 3. The van der Waals surface area contributed by atoms with Crippen molar-refractivity contribution in [3.05, 3.63) is 75.9 Å². The summed E-state index contributed by atoms with van der Waals surface area (Å²) in [6, 6.07) is 9.77. The van der Waals surface area contributed by atoms with E-state index in [2.05, 4.69) is 5.32 Å². The molecule has 0 radical (unpaired) electrons. The molecule has 0 saturated heterocycles. The number of anilines is 1. The molecule has 0 aliphatic heterocycles. The second-order valence-electron chi connectivity index (χ2n) is 6.26. The Hall–Kier alpha value is -3.07. The van der Waals surface area contributed by atoms with Gasteiger partial charge in [-0.25, -0.2) is 0 Å². The zero-order valence-corrected chi connectivity index (χ0v) is 16.1. The van der Waals surface area contributed by atoms with Crippen molar-refractivity contribution in [2.75, 3.05) is 11.9 Å². The summed E-state index contributed by atoms with van der Waals surface area (Å²) in [5.41, 5.74) is -0.554. The Balaban J connectivity index is 1.80. The van der Waals surface area contributed by atoms with E-state index in [1.807, 2.05) is 0 Å². The van der Waals surface area contributed by atoms with E-state index in [0.29, 0.717) is 10.6 Å². The van der Waals surface area contributed by atoms with E-state index in [1.54, 1.807) is 30.5 Å². The molecule has 1 aromatic carbocycles. The number of rotatable bonds is 6. The largest absolute Gasteiger partial charge is 0.467 e. The van der Waals surface area contributed by atoms with Crippen LogP contribution in [0.15, 0.2) is 58.5 Å².